The zero-order chi connectivity index (χ0) is 34.8. The van der Waals surface area contributed by atoms with Gasteiger partial charge < -0.3 is 30.2 Å². The van der Waals surface area contributed by atoms with Gasteiger partial charge in [0.05, 0.1) is 29.4 Å². The monoisotopic (exact) mass is 702 g/mol. The number of nitrogens with one attached hydrogen (secondary N) is 4. The van der Waals surface area contributed by atoms with E-state index in [1.165, 1.54) is 24.1 Å². The number of methoxy groups -OCH3 is 1. The molecule has 0 spiro atoms. The molecule has 2 aliphatic rings. The topological polar surface area (TPSA) is 136 Å². The third kappa shape index (κ3) is 7.85. The van der Waals surface area contributed by atoms with Crippen LogP contribution in [-0.4, -0.2) is 104 Å². The van der Waals surface area contributed by atoms with Crippen LogP contribution in [0.3, 0.4) is 0 Å². The average Bonchev–Trinajstić information content (AvgIpc) is 3.59. The normalized spacial score (nSPS) is 16.5. The standard InChI is InChI=1S/C35H51N10O2PSi/c1-8-24-21-28(30(47-2)22-29(24)45-17-13-25(14-18-45)44-19-15-36-16-20-44)39-35-37-23-26(32-34(42-43-41-32)49(5,6)7)33(40-35)38-27-11-9-10-12-31(27)48(3,4)46/h9-12,21-23,25,36H,8,13-20H2,1-7H3,(H,41,42,43)(H2,37,38,39,40). The minimum Gasteiger partial charge on any atom is -0.494 e. The van der Waals surface area contributed by atoms with Crippen molar-refractivity contribution >= 4 is 54.7 Å². The van der Waals surface area contributed by atoms with E-state index >= 15 is 0 Å². The fraction of sp³-hybridized carbons (Fsp3) is 0.486. The van der Waals surface area contributed by atoms with Gasteiger partial charge in [0.15, 0.2) is 0 Å². The fourth-order valence-electron chi connectivity index (χ4n) is 6.93. The van der Waals surface area contributed by atoms with Crippen LogP contribution < -0.4 is 36.2 Å². The predicted octanol–water partition coefficient (Wildman–Crippen LogP) is 4.99. The van der Waals surface area contributed by atoms with Crippen LogP contribution in [0.5, 0.6) is 5.75 Å². The van der Waals surface area contributed by atoms with E-state index in [4.69, 9.17) is 14.7 Å². The van der Waals surface area contributed by atoms with Gasteiger partial charge in [-0.05, 0) is 56.4 Å². The lowest BCUT2D eigenvalue weighted by atomic mass is 9.99. The Labute approximate surface area is 291 Å². The van der Waals surface area contributed by atoms with Crippen molar-refractivity contribution in [2.45, 2.75) is 51.9 Å². The third-order valence-corrected chi connectivity index (χ3v) is 12.9. The Bertz CT molecular complexity index is 1810. The van der Waals surface area contributed by atoms with Gasteiger partial charge in [0.25, 0.3) is 0 Å². The first-order chi connectivity index (χ1) is 23.5. The van der Waals surface area contributed by atoms with Crippen LogP contribution in [0.2, 0.25) is 19.6 Å². The van der Waals surface area contributed by atoms with Crippen LogP contribution in [0.1, 0.15) is 25.3 Å². The van der Waals surface area contributed by atoms with Gasteiger partial charge in [-0.15, -0.1) is 0 Å². The van der Waals surface area contributed by atoms with Gasteiger partial charge >= 0.3 is 0 Å². The second-order valence-electron chi connectivity index (χ2n) is 14.4. The number of rotatable bonds is 11. The molecule has 2 aromatic carbocycles. The number of benzene rings is 2. The molecule has 2 aliphatic heterocycles. The van der Waals surface area contributed by atoms with E-state index in [9.17, 15) is 4.57 Å². The van der Waals surface area contributed by atoms with Gasteiger partial charge in [-0.3, -0.25) is 4.90 Å². The number of nitrogens with zero attached hydrogens (tertiary/aromatic N) is 6. The van der Waals surface area contributed by atoms with Crippen molar-refractivity contribution in [3.63, 3.8) is 0 Å². The molecule has 4 N–H and O–H groups in total. The summed E-state index contributed by atoms with van der Waals surface area (Å²) in [5.41, 5.74) is 5.45. The number of aromatic amines is 1. The van der Waals surface area contributed by atoms with Crippen LogP contribution in [0.15, 0.2) is 42.6 Å². The maximum absolute atomic E-state index is 13.3. The molecule has 0 radical (unpaired) electrons. The number of aryl methyl sites for hydroxylation is 1. The Hall–Kier alpha value is -3.77. The van der Waals surface area contributed by atoms with Crippen molar-refractivity contribution in [3.8, 4) is 17.0 Å². The van der Waals surface area contributed by atoms with E-state index in [-0.39, 0.29) is 0 Å². The lowest BCUT2D eigenvalue weighted by Gasteiger charge is -2.41. The Kier molecular flexibility index (Phi) is 10.5. The second kappa shape index (κ2) is 14.6. The maximum atomic E-state index is 13.3. The van der Waals surface area contributed by atoms with E-state index in [2.05, 4.69) is 79.9 Å². The summed E-state index contributed by atoms with van der Waals surface area (Å²) in [6.45, 7) is 19.0. The van der Waals surface area contributed by atoms with Crippen molar-refractivity contribution in [2.75, 3.05) is 75.2 Å². The molecule has 0 aliphatic carbocycles. The van der Waals surface area contributed by atoms with Crippen molar-refractivity contribution in [1.82, 2.24) is 35.6 Å². The minimum atomic E-state index is -2.59. The summed E-state index contributed by atoms with van der Waals surface area (Å²) < 4.78 is 19.2. The molecule has 4 aromatic rings. The highest BCUT2D eigenvalue weighted by molar-refractivity contribution is 7.70. The highest BCUT2D eigenvalue weighted by Crippen LogP contribution is 2.40. The van der Waals surface area contributed by atoms with Crippen LogP contribution in [0, 0.1) is 0 Å². The number of hydrogen-bond donors (Lipinski definition) is 4. The van der Waals surface area contributed by atoms with Crippen molar-refractivity contribution in [2.24, 2.45) is 0 Å². The zero-order valence-corrected chi connectivity index (χ0v) is 31.8. The van der Waals surface area contributed by atoms with Gasteiger partial charge in [-0.2, -0.15) is 20.4 Å². The lowest BCUT2D eigenvalue weighted by molar-refractivity contribution is 0.150. The summed E-state index contributed by atoms with van der Waals surface area (Å²) >= 11 is 0. The lowest BCUT2D eigenvalue weighted by Crippen LogP contribution is -2.52. The second-order valence-corrected chi connectivity index (χ2v) is 22.5. The smallest absolute Gasteiger partial charge is 0.229 e. The molecule has 2 fully saturated rings. The predicted molar refractivity (Wildman–Crippen MR) is 205 cm³/mol. The molecule has 0 bridgehead atoms. The summed E-state index contributed by atoms with van der Waals surface area (Å²) in [6, 6.07) is 12.6. The van der Waals surface area contributed by atoms with E-state index in [0.29, 0.717) is 23.4 Å². The molecule has 0 atom stereocenters. The van der Waals surface area contributed by atoms with E-state index in [1.807, 2.05) is 24.3 Å². The van der Waals surface area contributed by atoms with Crippen LogP contribution in [0.25, 0.3) is 11.3 Å². The molecule has 0 amide bonds. The van der Waals surface area contributed by atoms with Crippen LogP contribution in [0.4, 0.5) is 28.8 Å². The average molecular weight is 703 g/mol. The first kappa shape index (κ1) is 35.1. The molecule has 0 unspecified atom stereocenters. The van der Waals surface area contributed by atoms with Gasteiger partial charge in [0.2, 0.25) is 5.95 Å². The summed E-state index contributed by atoms with van der Waals surface area (Å²) in [5.74, 6) is 1.69. The maximum Gasteiger partial charge on any atom is 0.229 e. The van der Waals surface area contributed by atoms with Gasteiger partial charge in [0, 0.05) is 68.6 Å². The molecular formula is C35H51N10O2PSi. The van der Waals surface area contributed by atoms with E-state index in [0.717, 1.165) is 79.1 Å². The molecule has 4 heterocycles. The van der Waals surface area contributed by atoms with Gasteiger partial charge in [0.1, 0.15) is 32.5 Å². The van der Waals surface area contributed by atoms with E-state index < -0.39 is 15.2 Å². The largest absolute Gasteiger partial charge is 0.494 e. The fourth-order valence-corrected chi connectivity index (χ4v) is 9.37. The van der Waals surface area contributed by atoms with E-state index in [1.54, 1.807) is 26.6 Å². The van der Waals surface area contributed by atoms with Gasteiger partial charge in [-0.1, -0.05) is 38.7 Å². The third-order valence-electron chi connectivity index (χ3n) is 9.54. The number of ether oxygens (including phenoxy) is 1. The summed E-state index contributed by atoms with van der Waals surface area (Å²) in [4.78, 5) is 14.9. The summed E-state index contributed by atoms with van der Waals surface area (Å²) in [6.07, 6.45) is 5.00. The zero-order valence-electron chi connectivity index (χ0n) is 29.9. The van der Waals surface area contributed by atoms with Gasteiger partial charge in [-0.25, -0.2) is 4.98 Å². The molecule has 12 nitrogen and oxygen atoms in total. The number of aromatic nitrogens is 5. The SMILES string of the molecule is CCc1cc(Nc2ncc(-c3n[nH]nc3[Si](C)(C)C)c(Nc3ccccc3P(C)(C)=O)n2)c(OC)cc1N1CCC(N2CCNCC2)CC1. The molecular weight excluding hydrogens is 652 g/mol. The summed E-state index contributed by atoms with van der Waals surface area (Å²) in [5, 5.41) is 24.0. The Morgan fingerprint density at radius 2 is 1.73 bits per heavy atom. The van der Waals surface area contributed by atoms with Crippen molar-refractivity contribution in [1.29, 1.82) is 0 Å². The highest BCUT2D eigenvalue weighted by Gasteiger charge is 2.29. The summed E-state index contributed by atoms with van der Waals surface area (Å²) in [7, 11) is -2.76. The molecule has 2 aromatic heterocycles. The first-order valence-electron chi connectivity index (χ1n) is 17.3. The molecule has 49 heavy (non-hydrogen) atoms. The number of hydrogen-bond acceptors (Lipinski definition) is 11. The molecule has 2 saturated heterocycles. The quantitative estimate of drug-likeness (QED) is 0.124. The minimum absolute atomic E-state index is 0.405. The molecule has 6 rings (SSSR count). The Morgan fingerprint density at radius 1 is 1.00 bits per heavy atom. The molecule has 262 valence electrons. The highest BCUT2D eigenvalue weighted by atomic mass is 31.2. The number of anilines is 5. The number of piperazine rings is 1. The number of para-hydroxylation sites is 1. The Balaban J connectivity index is 1.32. The molecule has 14 heteroatoms. The first-order valence-corrected chi connectivity index (χ1v) is 23.4. The molecule has 0 saturated carbocycles. The number of piperidine rings is 1. The Morgan fingerprint density at radius 3 is 2.41 bits per heavy atom. The van der Waals surface area contributed by atoms with Crippen molar-refractivity contribution < 1.29 is 9.30 Å². The van der Waals surface area contributed by atoms with Crippen molar-refractivity contribution in [3.05, 3.63) is 48.2 Å². The van der Waals surface area contributed by atoms with Crippen LogP contribution in [-0.2, 0) is 11.0 Å². The van der Waals surface area contributed by atoms with Crippen LogP contribution >= 0.6 is 7.14 Å². The number of H-pyrrole nitrogens is 1.